The number of rotatable bonds is 44. The lowest BCUT2D eigenvalue weighted by Crippen LogP contribution is -2.75. The molecule has 0 saturated carbocycles. The van der Waals surface area contributed by atoms with Gasteiger partial charge in [-0.1, -0.05) is 85.1 Å². The molecule has 0 aliphatic heterocycles. The summed E-state index contributed by atoms with van der Waals surface area (Å²) in [6, 6.07) is 0. The number of hydrogen-bond donors (Lipinski definition) is 0. The first-order chi connectivity index (χ1) is 57.2. The third-order valence-electron chi connectivity index (χ3n) is 25.1. The Morgan fingerprint density at radius 2 is 0.569 bits per heavy atom. The Balaban J connectivity index is -0.00000174. The van der Waals surface area contributed by atoms with Gasteiger partial charge in [-0.15, -0.1) is 38.5 Å². The lowest BCUT2D eigenvalue weighted by atomic mass is 8.79. The molecule has 1 aromatic rings. The maximum absolute atomic E-state index is 8.09. The molecule has 0 bridgehead atoms. The molecule has 48 radical (unpaired) electrons. The topological polar surface area (TPSA) is 55.4 Å². The molecule has 0 N–H and O–H groups in total. The lowest BCUT2D eigenvalue weighted by Gasteiger charge is -2.59. The largest absolute Gasteiger partial charge is 0.457 e. The summed E-state index contributed by atoms with van der Waals surface area (Å²) in [5, 5.41) is 6.73. The van der Waals surface area contributed by atoms with Crippen molar-refractivity contribution < 1.29 is 24.7 Å². The van der Waals surface area contributed by atoms with E-state index in [1.165, 1.54) is 60.9 Å². The quantitative estimate of drug-likeness (QED) is 0.0431. The third-order valence-corrected chi connectivity index (χ3v) is 73.6. The highest BCUT2D eigenvalue weighted by atomic mass is 28.4. The van der Waals surface area contributed by atoms with Crippen molar-refractivity contribution >= 4 is 410 Å². The van der Waals surface area contributed by atoms with Crippen LogP contribution >= 0.6 is 0 Å². The van der Waals surface area contributed by atoms with E-state index in [1.54, 1.807) is 0 Å². The van der Waals surface area contributed by atoms with Crippen LogP contribution in [0.1, 0.15) is 109 Å². The van der Waals surface area contributed by atoms with Gasteiger partial charge in [0, 0.05) is 261 Å². The maximum Gasteiger partial charge on any atom is 0.206 e. The van der Waals surface area contributed by atoms with E-state index >= 15 is 0 Å². The van der Waals surface area contributed by atoms with E-state index in [9.17, 15) is 0 Å². The van der Waals surface area contributed by atoms with Crippen LogP contribution in [-0.2, 0) is 24.7 Å². The monoisotopic (exact) mass is 1880 g/mol. The van der Waals surface area contributed by atoms with Gasteiger partial charge in [-0.2, -0.15) is 0 Å². The van der Waals surface area contributed by atoms with E-state index in [4.69, 9.17) is 179 Å². The predicted octanol–water partition coefficient (Wildman–Crippen LogP) is 6.38. The van der Waals surface area contributed by atoms with E-state index in [2.05, 4.69) is 234 Å². The summed E-state index contributed by atoms with van der Waals surface area (Å²) in [5.74, 6) is 12.3. The zero-order valence-electron chi connectivity index (χ0n) is 88.4. The summed E-state index contributed by atoms with van der Waals surface area (Å²) in [4.78, 5) is 0. The molecule has 4 atom stereocenters. The summed E-state index contributed by atoms with van der Waals surface area (Å²) in [7, 11) is 116. The number of benzene rings is 1. The second kappa shape index (κ2) is 56.2. The summed E-state index contributed by atoms with van der Waals surface area (Å²) in [6.45, 7) is 86.2. The van der Waals surface area contributed by atoms with Crippen LogP contribution in [0.25, 0.3) is 10.4 Å². The summed E-state index contributed by atoms with van der Waals surface area (Å²) < 4.78 is 41.2. The van der Waals surface area contributed by atoms with E-state index in [-0.39, 0.29) is 14.9 Å². The first kappa shape index (κ1) is 140. The molecular weight excluding hydrogens is 1730 g/mol. The van der Waals surface area contributed by atoms with Gasteiger partial charge in [0.1, 0.15) is 0 Å². The van der Waals surface area contributed by atoms with Crippen LogP contribution in [-0.4, -0.2) is 389 Å². The van der Waals surface area contributed by atoms with E-state index < -0.39 is 197 Å². The molecule has 0 aliphatic rings. The van der Waals surface area contributed by atoms with Crippen molar-refractivity contribution in [2.45, 2.75) is 326 Å². The lowest BCUT2D eigenvalue weighted by molar-refractivity contribution is 0.544. The van der Waals surface area contributed by atoms with E-state index in [0.717, 1.165) is 43.1 Å². The molecule has 4 unspecified atom stereocenters. The molecule has 634 valence electrons. The summed E-state index contributed by atoms with van der Waals surface area (Å²) >= 11 is 0. The Morgan fingerprint density at radius 3 is 0.738 bits per heavy atom. The highest BCUT2D eigenvalue weighted by Gasteiger charge is 2.63. The van der Waals surface area contributed by atoms with Crippen LogP contribution in [0.4, 0.5) is 0 Å². The Morgan fingerprint density at radius 1 is 0.346 bits per heavy atom. The normalized spacial score (nSPS) is 14.3. The minimum Gasteiger partial charge on any atom is -0.457 e. The Labute approximate surface area is 856 Å². The van der Waals surface area contributed by atoms with Crippen LogP contribution in [0, 0.1) is 37.5 Å². The zero-order chi connectivity index (χ0) is 103. The van der Waals surface area contributed by atoms with Gasteiger partial charge in [0.25, 0.3) is 0 Å². The minimum atomic E-state index is -3.50. The van der Waals surface area contributed by atoms with Crippen molar-refractivity contribution in [1.29, 1.82) is 0 Å². The summed E-state index contributed by atoms with van der Waals surface area (Å²) in [6.07, 6.45) is 0. The SMILES string of the molecule is C.C.C=C(C)C#CC(=C)C.CC#CC(C)=C(C)C.CC(C)=C=C=C(C)C.[B][B]B([B])C(B([B])[B])(B([B])[B]C)[Si](C)(C)O[Si](C)(C)C[B]B([B])C(B([B])[B])(B([B])[B][B])[Si](C)(C)O[Si](C)(C)C(C)=c1c(C)c([Si](C)(C)O[Si](C)(C)C)c([Si](C)(C)O[Si](C)(C)C)c(C)c1=C(C)[Si](C)(C)O[Si](C)(C)C(B([B])[B])(B([B])[B][B])B([B])[B]C[Si](C)(C)O[Si](C)(C)C(B([B])[B])(B([B])[B][B])B([B])[B]C. The molecule has 58 heteroatoms. The Bertz CT molecular complexity index is 3950. The maximum atomic E-state index is 8.09. The zero-order valence-corrected chi connectivity index (χ0v) is 100. The van der Waals surface area contributed by atoms with Gasteiger partial charge in [-0.3, -0.25) is 0 Å². The van der Waals surface area contributed by atoms with Crippen molar-refractivity contribution in [3.8, 4) is 23.7 Å². The van der Waals surface area contributed by atoms with Crippen molar-refractivity contribution in [2.24, 2.45) is 0 Å². The molecule has 0 spiro atoms. The first-order valence-electron chi connectivity index (χ1n) is 44.9. The van der Waals surface area contributed by atoms with Gasteiger partial charge in [-0.25, -0.2) is 0 Å². The molecule has 0 heterocycles. The molecule has 1 aromatic carbocycles. The van der Waals surface area contributed by atoms with Gasteiger partial charge in [0.2, 0.25) is 33.3 Å². The predicted molar refractivity (Wildman–Crippen MR) is 668 cm³/mol. The van der Waals surface area contributed by atoms with E-state index in [1.807, 2.05) is 124 Å². The number of hydrogen-bond acceptors (Lipinski definition) is 6. The molecular formula is C72H142B40O6Si12. The molecule has 0 aliphatic carbocycles. The molecule has 130 heavy (non-hydrogen) atoms. The van der Waals surface area contributed by atoms with Crippen LogP contribution in [0.3, 0.4) is 0 Å². The van der Waals surface area contributed by atoms with Gasteiger partial charge in [0.05, 0.1) is 28.7 Å². The van der Waals surface area contributed by atoms with Gasteiger partial charge < -0.3 is 24.7 Å². The fraction of sp³-hybridized carbons (Fsp3) is 0.694. The van der Waals surface area contributed by atoms with Gasteiger partial charge >= 0.3 is 0 Å². The average molecular weight is 1870 g/mol. The molecule has 6 nitrogen and oxygen atoms in total. The van der Waals surface area contributed by atoms with Crippen LogP contribution in [0.2, 0.25) is 215 Å². The van der Waals surface area contributed by atoms with Gasteiger partial charge in [0.15, 0.2) is 66.5 Å². The van der Waals surface area contributed by atoms with Crippen molar-refractivity contribution in [1.82, 2.24) is 0 Å². The standard InChI is InChI=1S/C46H100B40O6Si12.C8H12.C8H10.C8H12.2CH4/c1-35-39(37(3)97(17,18)91-103(29,30)45(77(55)56,85(65)73-49)81(61)69-33-95(13,14)89-101(25,26)43(75(51)52,79(59)67-5)83(63)71-47)40(36(2)42(100(23,24)88-94(10,11)12)41(35)99(21,22)87-93(7,8)9)38(4)98(19,20)92-104(31,32)46(78(57)58,86(66)74-50)82(62)70-34-96(15,16)90-102(27,28)44(76(53)54,80(60)68-6)84(64)72-48;2*1-7(2)5-6-8(3)4;1-5-6-8(4)7(2)3;;/h33-34H2,1-32H3;1-4H3;1,3H2,2,4H3;1-4H3;2*1H4. The fourth-order valence-electron chi connectivity index (χ4n) is 19.6. The molecule has 1 rings (SSSR count). The van der Waals surface area contributed by atoms with Crippen LogP contribution < -0.4 is 20.8 Å². The second-order valence-electron chi connectivity index (χ2n) is 42.9. The first-order valence-corrected chi connectivity index (χ1v) is 81.2. The third kappa shape index (κ3) is 36.4. The summed E-state index contributed by atoms with van der Waals surface area (Å²) in [5.41, 5.74) is 14.8. The van der Waals surface area contributed by atoms with E-state index in [0.29, 0.717) is 11.9 Å². The van der Waals surface area contributed by atoms with Crippen molar-refractivity contribution in [2.75, 3.05) is 0 Å². The minimum absolute atomic E-state index is 0. The average Bonchev–Trinajstić information content (AvgIpc) is 0.699. The second-order valence-corrected chi connectivity index (χ2v) is 94.2. The van der Waals surface area contributed by atoms with Crippen LogP contribution in [0.5, 0.6) is 0 Å². The molecule has 0 aromatic heterocycles. The Hall–Kier alpha value is 1.56. The molecule has 0 amide bonds. The van der Waals surface area contributed by atoms with Crippen molar-refractivity contribution in [3.63, 3.8) is 0 Å². The smallest absolute Gasteiger partial charge is 0.206 e. The Kier molecular flexibility index (Phi) is 60.5. The molecule has 0 fully saturated rings. The molecule has 0 saturated heterocycles. The highest BCUT2D eigenvalue weighted by molar-refractivity contribution is 7.69. The van der Waals surface area contributed by atoms with Gasteiger partial charge in [-0.05, 0) is 327 Å². The van der Waals surface area contributed by atoms with Crippen LogP contribution in [0.15, 0.2) is 58.1 Å². The van der Waals surface area contributed by atoms with Crippen molar-refractivity contribution in [3.05, 3.63) is 79.6 Å². The highest BCUT2D eigenvalue weighted by Crippen LogP contribution is 2.50. The number of allylic oxidation sites excluding steroid dienone is 6. The fourth-order valence-corrected chi connectivity index (χ4v) is 78.1.